The van der Waals surface area contributed by atoms with Crippen molar-refractivity contribution >= 4 is 76.8 Å². The number of fused-ring (bicyclic) bond motifs is 2. The molecule has 0 saturated heterocycles. The fourth-order valence-corrected chi connectivity index (χ4v) is 8.60. The Bertz CT molecular complexity index is 2960. The molecule has 7 N–H and O–H groups in total. The molecule has 0 bridgehead atoms. The Balaban J connectivity index is 0.00000604. The van der Waals surface area contributed by atoms with Crippen LogP contribution < -0.4 is 60.9 Å². The number of nitrogens with zero attached hydrogens (tertiary/aromatic N) is 4. The minimum atomic E-state index is -5.23. The van der Waals surface area contributed by atoms with Gasteiger partial charge in [0.05, 0.1) is 50.7 Å². The maximum atomic E-state index is 13.7. The first-order valence-electron chi connectivity index (χ1n) is 17.2. The van der Waals surface area contributed by atoms with Crippen LogP contribution in [-0.2, 0) is 30.4 Å². The average Bonchev–Trinajstić information content (AvgIpc) is 3.17. The van der Waals surface area contributed by atoms with E-state index in [9.17, 15) is 58.4 Å². The van der Waals surface area contributed by atoms with Crippen molar-refractivity contribution in [3.8, 4) is 5.95 Å². The van der Waals surface area contributed by atoms with Gasteiger partial charge < -0.3 is 36.1 Å². The summed E-state index contributed by atoms with van der Waals surface area (Å²) in [6, 6.07) is 10.8. The molecule has 306 valence electrons. The summed E-state index contributed by atoms with van der Waals surface area (Å²) in [4.78, 5) is 49.2. The van der Waals surface area contributed by atoms with Gasteiger partial charge in [-0.05, 0) is 72.0 Å². The normalized spacial score (nSPS) is 16.5. The van der Waals surface area contributed by atoms with E-state index in [4.69, 9.17) is 5.73 Å². The minimum absolute atomic E-state index is 0. The van der Waals surface area contributed by atoms with Crippen LogP contribution in [0, 0.1) is 0 Å². The van der Waals surface area contributed by atoms with Gasteiger partial charge in [-0.15, -0.1) is 4.98 Å². The molecule has 2 aliphatic carbocycles. The Morgan fingerprint density at radius 3 is 1.93 bits per heavy atom. The number of aromatic nitrogens is 4. The number of nitrogens with one attached hydrogen (secondary N) is 3. The van der Waals surface area contributed by atoms with E-state index < -0.39 is 85.9 Å². The largest absolute Gasteiger partial charge is 1.00 e. The number of carboxylic acid groups (broad SMARTS) is 1. The molecule has 0 spiro atoms. The van der Waals surface area contributed by atoms with Crippen LogP contribution in [0.2, 0.25) is 0 Å². The summed E-state index contributed by atoms with van der Waals surface area (Å²) in [5, 5.41) is 20.3. The first-order valence-corrected chi connectivity index (χ1v) is 21.5. The molecule has 2 aromatic heterocycles. The standard InChI is InChI=1S/C35H30N8O13S3.Na/c36-29-26(59(54,55)56)15-24(27-28(29)31(45)22-6-2-1-5-21(22)30(27)44)37-18-7-9-19(10-8-18)38-33-40-34(42-35(41-33)43-13-3-4-17(16-43)32(46)47)39-23-14-20(57(48,49)50)11-12-25(23)58(51,52)53;/h1-6,11-16,18-19H,7-10H2,(H8-,36,37,38,39,40,41,42,44,45,46,47,48,49,50,51,52,53,54,55,56);/q;+1/p-1. The van der Waals surface area contributed by atoms with Crippen LogP contribution >= 0.6 is 0 Å². The summed E-state index contributed by atoms with van der Waals surface area (Å²) < 4.78 is 105. The predicted molar refractivity (Wildman–Crippen MR) is 200 cm³/mol. The summed E-state index contributed by atoms with van der Waals surface area (Å²) in [6.07, 6.45) is 3.98. The zero-order valence-corrected chi connectivity index (χ0v) is 35.3. The van der Waals surface area contributed by atoms with E-state index >= 15 is 0 Å². The molecule has 0 amide bonds. The number of carbonyl (C=O) groups is 3. The maximum Gasteiger partial charge on any atom is 1.00 e. The first-order chi connectivity index (χ1) is 27.7. The molecule has 1 saturated carbocycles. The van der Waals surface area contributed by atoms with Gasteiger partial charge in [0.25, 0.3) is 20.2 Å². The van der Waals surface area contributed by atoms with Crippen LogP contribution in [-0.4, -0.2) is 83.5 Å². The molecule has 2 heterocycles. The number of hydrogen-bond acceptors (Lipinski definition) is 18. The quantitative estimate of drug-likeness (QED) is 0.0349. The molecule has 3 aromatic carbocycles. The molecule has 0 radical (unpaired) electrons. The Kier molecular flexibility index (Phi) is 12.2. The first kappa shape index (κ1) is 44.1. The van der Waals surface area contributed by atoms with Gasteiger partial charge in [-0.25, -0.2) is 13.0 Å². The van der Waals surface area contributed by atoms with Crippen LogP contribution in [0.3, 0.4) is 0 Å². The maximum absolute atomic E-state index is 13.7. The van der Waals surface area contributed by atoms with E-state index in [-0.39, 0.29) is 81.0 Å². The van der Waals surface area contributed by atoms with Crippen molar-refractivity contribution in [2.75, 3.05) is 21.7 Å². The zero-order chi connectivity index (χ0) is 42.6. The van der Waals surface area contributed by atoms with Gasteiger partial charge in [0, 0.05) is 34.5 Å². The van der Waals surface area contributed by atoms with Crippen molar-refractivity contribution in [2.45, 2.75) is 52.5 Å². The average molecular weight is 889 g/mol. The second kappa shape index (κ2) is 16.5. The second-order valence-corrected chi connectivity index (χ2v) is 17.5. The number of carbonyl (C=O) groups excluding carboxylic acids is 3. The number of rotatable bonds is 11. The molecule has 0 unspecified atom stereocenters. The Labute approximate surface area is 363 Å². The third-order valence-corrected chi connectivity index (χ3v) is 12.2. The van der Waals surface area contributed by atoms with E-state index in [0.717, 1.165) is 12.3 Å². The summed E-state index contributed by atoms with van der Waals surface area (Å²) >= 11 is 0. The number of ketones is 2. The number of nitrogens with two attached hydrogens (primary N) is 1. The number of nitrogen functional groups attached to an aromatic ring is 1. The van der Waals surface area contributed by atoms with Gasteiger partial charge in [-0.2, -0.15) is 16.8 Å². The molecule has 2 aliphatic rings. The molecule has 1 fully saturated rings. The molecule has 7 rings (SSSR count). The SMILES string of the molecule is Nc1c(S(=O)(=O)O)cc(NC2CCC(Nc3nc(Nc4cc(S(=O)(=O)O)ccc4S(=O)(=O)[O-])nc(-[n+]4cccc(C(=O)[O-])c4)n3)CC2)c2c1C(=O)c1ccccc1C2=O.[Na+]. The third kappa shape index (κ3) is 9.01. The smallest absolute Gasteiger partial charge is 0.744 e. The van der Waals surface area contributed by atoms with Gasteiger partial charge in [0.15, 0.2) is 11.6 Å². The number of aromatic carboxylic acids is 1. The van der Waals surface area contributed by atoms with Gasteiger partial charge in [0.2, 0.25) is 0 Å². The number of anilines is 5. The monoisotopic (exact) mass is 888 g/mol. The van der Waals surface area contributed by atoms with Crippen molar-refractivity contribution in [3.63, 3.8) is 0 Å². The van der Waals surface area contributed by atoms with Gasteiger partial charge in [0.1, 0.15) is 15.0 Å². The molecule has 0 atom stereocenters. The Morgan fingerprint density at radius 2 is 1.35 bits per heavy atom. The number of carboxylic acids is 1. The Morgan fingerprint density at radius 1 is 0.750 bits per heavy atom. The molecule has 25 heteroatoms. The molecule has 5 aromatic rings. The molecule has 60 heavy (non-hydrogen) atoms. The fraction of sp³-hybridized carbons (Fsp3) is 0.171. The van der Waals surface area contributed by atoms with Crippen LogP contribution in [0.15, 0.2) is 87.7 Å². The zero-order valence-electron chi connectivity index (χ0n) is 30.9. The molecule has 21 nitrogen and oxygen atoms in total. The number of pyridine rings is 1. The van der Waals surface area contributed by atoms with E-state index in [2.05, 4.69) is 30.9 Å². The van der Waals surface area contributed by atoms with Crippen LogP contribution in [0.1, 0.15) is 67.9 Å². The van der Waals surface area contributed by atoms with Crippen LogP contribution in [0.5, 0.6) is 0 Å². The summed E-state index contributed by atoms with van der Waals surface area (Å²) in [7, 11) is -15.1. The fourth-order valence-electron chi connectivity index (χ4n) is 6.83. The predicted octanol–water partition coefficient (Wildman–Crippen LogP) is -2.15. The number of hydrogen-bond donors (Lipinski definition) is 6. The molecule has 0 aliphatic heterocycles. The summed E-state index contributed by atoms with van der Waals surface area (Å²) in [5.41, 5.74) is 4.21. The van der Waals surface area contributed by atoms with Gasteiger partial charge >= 0.3 is 47.4 Å². The van der Waals surface area contributed by atoms with Crippen LogP contribution in [0.4, 0.5) is 29.0 Å². The van der Waals surface area contributed by atoms with Crippen molar-refractivity contribution in [2.24, 2.45) is 0 Å². The van der Waals surface area contributed by atoms with Crippen molar-refractivity contribution in [1.29, 1.82) is 0 Å². The second-order valence-electron chi connectivity index (χ2n) is 13.4. The van der Waals surface area contributed by atoms with Gasteiger partial charge in [-0.3, -0.25) is 18.7 Å². The third-order valence-electron chi connectivity index (χ3n) is 9.55. The molecular formula is C35H29N8NaO13S3. The van der Waals surface area contributed by atoms with Crippen molar-refractivity contribution < 1.29 is 92.5 Å². The molecular weight excluding hydrogens is 860 g/mol. The summed E-state index contributed by atoms with van der Waals surface area (Å²) in [5.74, 6) is -3.63. The summed E-state index contributed by atoms with van der Waals surface area (Å²) in [6.45, 7) is 0. The van der Waals surface area contributed by atoms with E-state index in [0.29, 0.717) is 43.9 Å². The van der Waals surface area contributed by atoms with Crippen molar-refractivity contribution in [1.82, 2.24) is 15.0 Å². The number of benzene rings is 3. The van der Waals surface area contributed by atoms with E-state index in [1.807, 2.05) is 0 Å². The topological polar surface area (TPSA) is 345 Å². The van der Waals surface area contributed by atoms with Crippen molar-refractivity contribution in [3.05, 3.63) is 101 Å². The Hall–Kier alpha value is -5.44. The minimum Gasteiger partial charge on any atom is -0.744 e. The van der Waals surface area contributed by atoms with Crippen LogP contribution in [0.25, 0.3) is 5.95 Å². The van der Waals surface area contributed by atoms with E-state index in [1.54, 1.807) is 6.07 Å². The van der Waals surface area contributed by atoms with Gasteiger partial charge in [-0.1, -0.05) is 24.3 Å². The van der Waals surface area contributed by atoms with E-state index in [1.165, 1.54) is 41.1 Å².